The van der Waals surface area contributed by atoms with Gasteiger partial charge < -0.3 is 10.1 Å². The Labute approximate surface area is 100 Å². The molecule has 0 aromatic rings. The van der Waals surface area contributed by atoms with Crippen molar-refractivity contribution < 1.29 is 4.74 Å². The van der Waals surface area contributed by atoms with Crippen molar-refractivity contribution in [1.29, 1.82) is 0 Å². The van der Waals surface area contributed by atoms with E-state index in [-0.39, 0.29) is 0 Å². The Hall–Kier alpha value is -0.0800. The van der Waals surface area contributed by atoms with E-state index >= 15 is 0 Å². The van der Waals surface area contributed by atoms with Crippen molar-refractivity contribution in [3.05, 3.63) is 0 Å². The lowest BCUT2D eigenvalue weighted by Crippen LogP contribution is -2.48. The Bertz CT molecular complexity index is 219. The van der Waals surface area contributed by atoms with Crippen molar-refractivity contribution in [3.8, 4) is 0 Å². The molecule has 1 N–H and O–H groups in total. The summed E-state index contributed by atoms with van der Waals surface area (Å²) >= 11 is 0. The van der Waals surface area contributed by atoms with Gasteiger partial charge in [0, 0.05) is 19.2 Å². The number of hydrogen-bond donors (Lipinski definition) is 1. The largest absolute Gasteiger partial charge is 0.380 e. The van der Waals surface area contributed by atoms with Crippen molar-refractivity contribution >= 4 is 0 Å². The Morgan fingerprint density at radius 3 is 2.31 bits per heavy atom. The van der Waals surface area contributed by atoms with Crippen molar-refractivity contribution in [2.24, 2.45) is 11.8 Å². The van der Waals surface area contributed by atoms with Crippen LogP contribution in [0.25, 0.3) is 0 Å². The van der Waals surface area contributed by atoms with Gasteiger partial charge in [-0.1, -0.05) is 26.7 Å². The molecule has 2 heteroatoms. The maximum Gasteiger partial charge on any atom is 0.0724 e. The van der Waals surface area contributed by atoms with E-state index in [9.17, 15) is 0 Å². The van der Waals surface area contributed by atoms with Gasteiger partial charge in [0.05, 0.1) is 6.10 Å². The molecule has 5 unspecified atom stereocenters. The van der Waals surface area contributed by atoms with Crippen molar-refractivity contribution in [2.75, 3.05) is 7.11 Å². The molecule has 2 saturated carbocycles. The second kappa shape index (κ2) is 5.50. The van der Waals surface area contributed by atoms with Crippen molar-refractivity contribution in [2.45, 2.75) is 70.6 Å². The minimum absolute atomic E-state index is 0.455. The highest BCUT2D eigenvalue weighted by Gasteiger charge is 2.33. The van der Waals surface area contributed by atoms with E-state index in [4.69, 9.17) is 4.74 Å². The lowest BCUT2D eigenvalue weighted by atomic mass is 9.90. The van der Waals surface area contributed by atoms with E-state index in [1.165, 1.54) is 38.5 Å². The first-order chi connectivity index (χ1) is 7.72. The van der Waals surface area contributed by atoms with Gasteiger partial charge >= 0.3 is 0 Å². The maximum absolute atomic E-state index is 5.61. The standard InChI is InChI=1S/C14H27NO/c1-10-8-9-12(11(10)2)15-13-6-4-5-7-14(13)16-3/h10-15H,4-9H2,1-3H3. The van der Waals surface area contributed by atoms with Crippen LogP contribution < -0.4 is 5.32 Å². The molecule has 0 saturated heterocycles. The molecule has 2 rings (SSSR count). The molecule has 0 aromatic heterocycles. The molecule has 94 valence electrons. The Kier molecular flexibility index (Phi) is 4.26. The van der Waals surface area contributed by atoms with Crippen LogP contribution in [0.3, 0.4) is 0 Å². The summed E-state index contributed by atoms with van der Waals surface area (Å²) in [5.41, 5.74) is 0. The van der Waals surface area contributed by atoms with Gasteiger partial charge in [-0.2, -0.15) is 0 Å². The van der Waals surface area contributed by atoms with E-state index in [0.29, 0.717) is 12.1 Å². The predicted molar refractivity (Wildman–Crippen MR) is 67.5 cm³/mol. The topological polar surface area (TPSA) is 21.3 Å². The highest BCUT2D eigenvalue weighted by molar-refractivity contribution is 4.90. The zero-order valence-corrected chi connectivity index (χ0v) is 11.0. The molecule has 2 fully saturated rings. The van der Waals surface area contributed by atoms with Crippen LogP contribution in [0.1, 0.15) is 52.4 Å². The first kappa shape index (κ1) is 12.4. The number of rotatable bonds is 3. The second-order valence-corrected chi connectivity index (χ2v) is 5.85. The molecule has 2 aliphatic carbocycles. The normalized spacial score (nSPS) is 44.8. The quantitative estimate of drug-likeness (QED) is 0.797. The Morgan fingerprint density at radius 1 is 0.938 bits per heavy atom. The van der Waals surface area contributed by atoms with Crippen LogP contribution in [0.4, 0.5) is 0 Å². The fraction of sp³-hybridized carbons (Fsp3) is 1.00. The van der Waals surface area contributed by atoms with Gasteiger partial charge in [-0.05, 0) is 37.5 Å². The summed E-state index contributed by atoms with van der Waals surface area (Å²) in [7, 11) is 1.87. The molecule has 0 heterocycles. The van der Waals surface area contributed by atoms with Crippen LogP contribution >= 0.6 is 0 Å². The van der Waals surface area contributed by atoms with Gasteiger partial charge in [0.15, 0.2) is 0 Å². The number of nitrogens with one attached hydrogen (secondary N) is 1. The molecule has 2 nitrogen and oxygen atoms in total. The molecular formula is C14H27NO. The van der Waals surface area contributed by atoms with Gasteiger partial charge in [-0.3, -0.25) is 0 Å². The van der Waals surface area contributed by atoms with Crippen LogP contribution in [0.15, 0.2) is 0 Å². The van der Waals surface area contributed by atoms with Crippen molar-refractivity contribution in [1.82, 2.24) is 5.32 Å². The van der Waals surface area contributed by atoms with Gasteiger partial charge in [0.2, 0.25) is 0 Å². The molecule has 0 aromatic carbocycles. The third kappa shape index (κ3) is 2.60. The Morgan fingerprint density at radius 2 is 1.69 bits per heavy atom. The third-order valence-corrected chi connectivity index (χ3v) is 4.90. The van der Waals surface area contributed by atoms with Crippen LogP contribution in [0.2, 0.25) is 0 Å². The first-order valence-electron chi connectivity index (χ1n) is 7.01. The molecule has 16 heavy (non-hydrogen) atoms. The monoisotopic (exact) mass is 225 g/mol. The lowest BCUT2D eigenvalue weighted by Gasteiger charge is -2.34. The van der Waals surface area contributed by atoms with E-state index < -0.39 is 0 Å². The maximum atomic E-state index is 5.61. The van der Waals surface area contributed by atoms with Crippen LogP contribution in [0, 0.1) is 11.8 Å². The van der Waals surface area contributed by atoms with Crippen LogP contribution in [-0.4, -0.2) is 25.3 Å². The molecule has 0 amide bonds. The predicted octanol–water partition coefficient (Wildman–Crippen LogP) is 2.97. The SMILES string of the molecule is COC1CCCCC1NC1CCC(C)C1C. The number of methoxy groups -OCH3 is 1. The van der Waals surface area contributed by atoms with E-state index in [0.717, 1.165) is 17.9 Å². The molecule has 0 spiro atoms. The van der Waals surface area contributed by atoms with Crippen molar-refractivity contribution in [3.63, 3.8) is 0 Å². The van der Waals surface area contributed by atoms with Gasteiger partial charge in [0.1, 0.15) is 0 Å². The third-order valence-electron chi connectivity index (χ3n) is 4.90. The molecule has 5 atom stereocenters. The fourth-order valence-corrected chi connectivity index (χ4v) is 3.44. The van der Waals surface area contributed by atoms with E-state index in [2.05, 4.69) is 19.2 Å². The summed E-state index contributed by atoms with van der Waals surface area (Å²) in [5, 5.41) is 3.87. The lowest BCUT2D eigenvalue weighted by molar-refractivity contribution is 0.0357. The van der Waals surface area contributed by atoms with Gasteiger partial charge in [0.25, 0.3) is 0 Å². The highest BCUT2D eigenvalue weighted by atomic mass is 16.5. The zero-order chi connectivity index (χ0) is 11.5. The van der Waals surface area contributed by atoms with Crippen LogP contribution in [-0.2, 0) is 4.74 Å². The smallest absolute Gasteiger partial charge is 0.0724 e. The Balaban J connectivity index is 1.87. The first-order valence-corrected chi connectivity index (χ1v) is 7.01. The fourth-order valence-electron chi connectivity index (χ4n) is 3.44. The summed E-state index contributed by atoms with van der Waals surface area (Å²) < 4.78 is 5.61. The molecule has 0 bridgehead atoms. The minimum atomic E-state index is 0.455. The van der Waals surface area contributed by atoms with E-state index in [1.807, 2.05) is 7.11 Å². The van der Waals surface area contributed by atoms with Gasteiger partial charge in [-0.25, -0.2) is 0 Å². The summed E-state index contributed by atoms with van der Waals surface area (Å²) in [6.45, 7) is 4.79. The summed E-state index contributed by atoms with van der Waals surface area (Å²) in [4.78, 5) is 0. The molecule has 0 radical (unpaired) electrons. The summed E-state index contributed by atoms with van der Waals surface area (Å²) in [6, 6.07) is 1.34. The molecule has 0 aliphatic heterocycles. The van der Waals surface area contributed by atoms with E-state index in [1.54, 1.807) is 0 Å². The average molecular weight is 225 g/mol. The average Bonchev–Trinajstić information content (AvgIpc) is 2.62. The van der Waals surface area contributed by atoms with Crippen LogP contribution in [0.5, 0.6) is 0 Å². The summed E-state index contributed by atoms with van der Waals surface area (Å²) in [5.74, 6) is 1.72. The zero-order valence-electron chi connectivity index (χ0n) is 11.0. The van der Waals surface area contributed by atoms with Gasteiger partial charge in [-0.15, -0.1) is 0 Å². The second-order valence-electron chi connectivity index (χ2n) is 5.85. The minimum Gasteiger partial charge on any atom is -0.380 e. The summed E-state index contributed by atoms with van der Waals surface area (Å²) in [6.07, 6.45) is 8.46. The molecular weight excluding hydrogens is 198 g/mol. The highest BCUT2D eigenvalue weighted by Crippen LogP contribution is 2.32. The number of ether oxygens (including phenoxy) is 1. The molecule has 2 aliphatic rings. The number of hydrogen-bond acceptors (Lipinski definition) is 2.